The lowest BCUT2D eigenvalue weighted by atomic mass is 9.97. The van der Waals surface area contributed by atoms with E-state index < -0.39 is 61.0 Å². The van der Waals surface area contributed by atoms with Gasteiger partial charge in [-0.15, -0.1) is 6.58 Å². The summed E-state index contributed by atoms with van der Waals surface area (Å²) in [5.74, 6) is -11.2. The quantitative estimate of drug-likeness (QED) is 0.127. The van der Waals surface area contributed by atoms with Crippen molar-refractivity contribution in [2.75, 3.05) is 26.4 Å². The van der Waals surface area contributed by atoms with E-state index in [-0.39, 0.29) is 6.61 Å². The van der Waals surface area contributed by atoms with Crippen LogP contribution in [-0.2, 0) is 33.3 Å². The van der Waals surface area contributed by atoms with Crippen molar-refractivity contribution < 1.29 is 55.3 Å². The van der Waals surface area contributed by atoms with Gasteiger partial charge in [-0.2, -0.15) is 22.0 Å². The van der Waals surface area contributed by atoms with Crippen molar-refractivity contribution in [3.05, 3.63) is 24.8 Å². The molecular formula is C16H19F5O7. The largest absolute Gasteiger partial charge is 0.463 e. The van der Waals surface area contributed by atoms with Gasteiger partial charge in [0, 0.05) is 0 Å². The van der Waals surface area contributed by atoms with E-state index in [0.29, 0.717) is 6.92 Å². The summed E-state index contributed by atoms with van der Waals surface area (Å²) in [6.45, 7) is 4.76. The maximum absolute atomic E-state index is 14.5. The lowest BCUT2D eigenvalue weighted by Gasteiger charge is -2.32. The third-order valence-electron chi connectivity index (χ3n) is 2.98. The standard InChI is InChI=1S/C16H19F5O7/c1-5-7-25-8-10(3)11(22)28-14(4,12(23)26-6-2)16(20,21)13(24)27-9-15(17,18)19/h5H,1,3,6-9H2,2,4H3. The molecule has 0 aliphatic heterocycles. The second-order valence-electron chi connectivity index (χ2n) is 5.32. The van der Waals surface area contributed by atoms with Crippen LogP contribution in [0.15, 0.2) is 24.8 Å². The average Bonchev–Trinajstić information content (AvgIpc) is 2.58. The van der Waals surface area contributed by atoms with Crippen LogP contribution in [0.2, 0.25) is 0 Å². The molecule has 160 valence electrons. The summed E-state index contributed by atoms with van der Waals surface area (Å²) in [6.07, 6.45) is -3.79. The third kappa shape index (κ3) is 6.91. The molecule has 0 amide bonds. The van der Waals surface area contributed by atoms with Crippen LogP contribution in [0.3, 0.4) is 0 Å². The molecule has 12 heteroatoms. The summed E-state index contributed by atoms with van der Waals surface area (Å²) in [4.78, 5) is 35.4. The molecular weight excluding hydrogens is 399 g/mol. The first-order valence-corrected chi connectivity index (χ1v) is 7.61. The van der Waals surface area contributed by atoms with E-state index in [2.05, 4.69) is 27.4 Å². The smallest absolute Gasteiger partial charge is 0.422 e. The second kappa shape index (κ2) is 10.2. The van der Waals surface area contributed by atoms with Crippen molar-refractivity contribution in [3.63, 3.8) is 0 Å². The number of halogens is 5. The van der Waals surface area contributed by atoms with Crippen LogP contribution >= 0.6 is 0 Å². The summed E-state index contributed by atoms with van der Waals surface area (Å²) >= 11 is 0. The number of carbonyl (C=O) groups excluding carboxylic acids is 3. The zero-order valence-electron chi connectivity index (χ0n) is 15.1. The number of hydrogen-bond donors (Lipinski definition) is 0. The predicted molar refractivity (Wildman–Crippen MR) is 83.2 cm³/mol. The molecule has 0 aliphatic rings. The Bertz CT molecular complexity index is 615. The number of esters is 3. The summed E-state index contributed by atoms with van der Waals surface area (Å²) < 4.78 is 82.4. The van der Waals surface area contributed by atoms with E-state index in [1.54, 1.807) is 0 Å². The minimum Gasteiger partial charge on any atom is -0.463 e. The predicted octanol–water partition coefficient (Wildman–Crippen LogP) is 2.35. The van der Waals surface area contributed by atoms with Crippen LogP contribution in [0.5, 0.6) is 0 Å². The van der Waals surface area contributed by atoms with E-state index in [4.69, 9.17) is 4.74 Å². The summed E-state index contributed by atoms with van der Waals surface area (Å²) in [6, 6.07) is 0. The summed E-state index contributed by atoms with van der Waals surface area (Å²) in [5.41, 5.74) is -4.14. The number of alkyl halides is 5. The van der Waals surface area contributed by atoms with Crippen LogP contribution < -0.4 is 0 Å². The summed E-state index contributed by atoms with van der Waals surface area (Å²) in [7, 11) is 0. The van der Waals surface area contributed by atoms with E-state index in [1.807, 2.05) is 0 Å². The molecule has 0 aromatic rings. The molecule has 0 fully saturated rings. The Morgan fingerprint density at radius 1 is 1.04 bits per heavy atom. The molecule has 7 nitrogen and oxygen atoms in total. The molecule has 0 aromatic carbocycles. The molecule has 0 aromatic heterocycles. The first-order valence-electron chi connectivity index (χ1n) is 7.61. The lowest BCUT2D eigenvalue weighted by Crippen LogP contribution is -2.60. The Morgan fingerprint density at radius 3 is 2.07 bits per heavy atom. The molecule has 0 radical (unpaired) electrons. The first kappa shape index (κ1) is 25.5. The fourth-order valence-electron chi connectivity index (χ4n) is 1.52. The molecule has 0 saturated carbocycles. The fraction of sp³-hybridized carbons (Fsp3) is 0.562. The van der Waals surface area contributed by atoms with Crippen molar-refractivity contribution >= 4 is 17.9 Å². The lowest BCUT2D eigenvalue weighted by molar-refractivity contribution is -0.238. The highest BCUT2D eigenvalue weighted by molar-refractivity contribution is 5.96. The van der Waals surface area contributed by atoms with Gasteiger partial charge in [-0.05, 0) is 13.8 Å². The Kier molecular flexibility index (Phi) is 9.25. The van der Waals surface area contributed by atoms with Gasteiger partial charge in [0.25, 0.3) is 5.60 Å². The Hall–Kier alpha value is -2.50. The second-order valence-corrected chi connectivity index (χ2v) is 5.32. The molecule has 28 heavy (non-hydrogen) atoms. The zero-order valence-corrected chi connectivity index (χ0v) is 15.1. The molecule has 0 N–H and O–H groups in total. The number of carbonyl (C=O) groups is 3. The molecule has 1 unspecified atom stereocenters. The normalized spacial score (nSPS) is 13.8. The maximum Gasteiger partial charge on any atom is 0.422 e. The van der Waals surface area contributed by atoms with Gasteiger partial charge in [0.05, 0.1) is 25.4 Å². The van der Waals surface area contributed by atoms with Crippen molar-refractivity contribution in [2.45, 2.75) is 31.5 Å². The van der Waals surface area contributed by atoms with Crippen molar-refractivity contribution in [3.8, 4) is 0 Å². The van der Waals surface area contributed by atoms with Gasteiger partial charge in [0.15, 0.2) is 6.61 Å². The van der Waals surface area contributed by atoms with Crippen molar-refractivity contribution in [1.82, 2.24) is 0 Å². The topological polar surface area (TPSA) is 88.1 Å². The summed E-state index contributed by atoms with van der Waals surface area (Å²) in [5, 5.41) is 0. The Morgan fingerprint density at radius 2 is 1.61 bits per heavy atom. The monoisotopic (exact) mass is 418 g/mol. The van der Waals surface area contributed by atoms with Gasteiger partial charge < -0.3 is 18.9 Å². The molecule has 0 aliphatic carbocycles. The Labute approximate surface area is 157 Å². The molecule has 0 spiro atoms. The van der Waals surface area contributed by atoms with Gasteiger partial charge in [-0.1, -0.05) is 12.7 Å². The van der Waals surface area contributed by atoms with Crippen LogP contribution in [0.25, 0.3) is 0 Å². The number of rotatable bonds is 11. The Balaban J connectivity index is 5.61. The van der Waals surface area contributed by atoms with Gasteiger partial charge in [0.1, 0.15) is 0 Å². The highest BCUT2D eigenvalue weighted by Gasteiger charge is 2.66. The minimum atomic E-state index is -5.10. The highest BCUT2D eigenvalue weighted by Crippen LogP contribution is 2.36. The molecule has 0 bridgehead atoms. The van der Waals surface area contributed by atoms with Gasteiger partial charge in [-0.3, -0.25) is 0 Å². The third-order valence-corrected chi connectivity index (χ3v) is 2.98. The van der Waals surface area contributed by atoms with Crippen LogP contribution in [0.1, 0.15) is 13.8 Å². The maximum atomic E-state index is 14.5. The van der Waals surface area contributed by atoms with Crippen LogP contribution in [-0.4, -0.2) is 62.0 Å². The highest BCUT2D eigenvalue weighted by atomic mass is 19.4. The average molecular weight is 418 g/mol. The van der Waals surface area contributed by atoms with Crippen molar-refractivity contribution in [2.24, 2.45) is 0 Å². The molecule has 0 heterocycles. The van der Waals surface area contributed by atoms with E-state index in [9.17, 15) is 36.3 Å². The minimum absolute atomic E-state index is 0.0264. The van der Waals surface area contributed by atoms with Crippen LogP contribution in [0, 0.1) is 0 Å². The fourth-order valence-corrected chi connectivity index (χ4v) is 1.52. The van der Waals surface area contributed by atoms with E-state index in [1.165, 1.54) is 13.0 Å². The SMILES string of the molecule is C=CCOCC(=C)C(=O)OC(C)(C(=O)OCC)C(F)(F)C(=O)OCC(F)(F)F. The molecule has 0 rings (SSSR count). The van der Waals surface area contributed by atoms with E-state index in [0.717, 1.165) is 0 Å². The first-order chi connectivity index (χ1) is 12.7. The van der Waals surface area contributed by atoms with Gasteiger partial charge in [-0.25, -0.2) is 14.4 Å². The number of hydrogen-bond acceptors (Lipinski definition) is 7. The molecule has 0 saturated heterocycles. The van der Waals surface area contributed by atoms with Crippen molar-refractivity contribution in [1.29, 1.82) is 0 Å². The molecule has 1 atom stereocenters. The zero-order chi connectivity index (χ0) is 22.2. The van der Waals surface area contributed by atoms with Gasteiger partial charge >= 0.3 is 30.0 Å². The van der Waals surface area contributed by atoms with Crippen LogP contribution in [0.4, 0.5) is 22.0 Å². The number of ether oxygens (including phenoxy) is 4. The van der Waals surface area contributed by atoms with E-state index >= 15 is 0 Å². The van der Waals surface area contributed by atoms with Gasteiger partial charge in [0.2, 0.25) is 0 Å².